The second-order valence-electron chi connectivity index (χ2n) is 7.31. The Bertz CT molecular complexity index is 1350. The molecule has 4 aromatic rings. The lowest BCUT2D eigenvalue weighted by Crippen LogP contribution is -2.32. The highest BCUT2D eigenvalue weighted by Crippen LogP contribution is 2.38. The zero-order chi connectivity index (χ0) is 23.2. The van der Waals surface area contributed by atoms with Crippen LogP contribution in [0.5, 0.6) is 5.75 Å². The van der Waals surface area contributed by atoms with Gasteiger partial charge in [-0.05, 0) is 35.7 Å². The van der Waals surface area contributed by atoms with Gasteiger partial charge in [0.2, 0.25) is 5.90 Å². The van der Waals surface area contributed by atoms with Crippen LogP contribution in [-0.2, 0) is 16.8 Å². The van der Waals surface area contributed by atoms with Gasteiger partial charge in [0.15, 0.2) is 0 Å². The summed E-state index contributed by atoms with van der Waals surface area (Å²) in [5, 5.41) is 4.55. The van der Waals surface area contributed by atoms with Crippen molar-refractivity contribution in [3.05, 3.63) is 77.2 Å². The van der Waals surface area contributed by atoms with Crippen LogP contribution in [0, 0.1) is 11.6 Å². The number of hydrogen-bond donors (Lipinski definition) is 0. The first-order valence-corrected chi connectivity index (χ1v) is 10.3. The molecular weight excluding hydrogens is 467 g/mol. The molecule has 5 rings (SSSR count). The highest BCUT2D eigenvalue weighted by atomic mass is 32.1. The number of ether oxygens (including phenoxy) is 2. The molecule has 0 amide bonds. The summed E-state index contributed by atoms with van der Waals surface area (Å²) in [5.41, 5.74) is -1.13. The van der Waals surface area contributed by atoms with Crippen LogP contribution in [0.15, 0.2) is 60.1 Å². The van der Waals surface area contributed by atoms with Crippen molar-refractivity contribution in [2.75, 3.05) is 6.61 Å². The average molecular weight is 480 g/mol. The molecule has 1 unspecified atom stereocenters. The van der Waals surface area contributed by atoms with Gasteiger partial charge in [0, 0.05) is 16.3 Å². The first-order valence-electron chi connectivity index (χ1n) is 9.51. The number of benzene rings is 2. The van der Waals surface area contributed by atoms with Gasteiger partial charge < -0.3 is 9.47 Å². The van der Waals surface area contributed by atoms with E-state index >= 15 is 0 Å². The van der Waals surface area contributed by atoms with Gasteiger partial charge in [-0.3, -0.25) is 4.68 Å². The summed E-state index contributed by atoms with van der Waals surface area (Å²) in [6.07, 6.45) is -2.04. The minimum absolute atomic E-state index is 0.0541. The quantitative estimate of drug-likeness (QED) is 0.376. The van der Waals surface area contributed by atoms with Crippen LogP contribution in [0.3, 0.4) is 0 Å². The number of aliphatic imine (C=N–C) groups is 1. The van der Waals surface area contributed by atoms with E-state index in [0.29, 0.717) is 15.0 Å². The van der Waals surface area contributed by atoms with Gasteiger partial charge in [-0.2, -0.15) is 5.10 Å². The van der Waals surface area contributed by atoms with Crippen LogP contribution in [0.4, 0.5) is 22.0 Å². The van der Waals surface area contributed by atoms with Crippen molar-refractivity contribution < 1.29 is 31.4 Å². The molecule has 2 aromatic heterocycles. The van der Waals surface area contributed by atoms with Crippen LogP contribution >= 0.6 is 11.3 Å². The number of rotatable bonds is 5. The van der Waals surface area contributed by atoms with Crippen LogP contribution in [0.1, 0.15) is 10.4 Å². The molecule has 1 aliphatic heterocycles. The van der Waals surface area contributed by atoms with Gasteiger partial charge in [0.05, 0.1) is 11.4 Å². The van der Waals surface area contributed by atoms with E-state index in [1.807, 2.05) is 0 Å². The SMILES string of the molecule is Fc1ccc(C2(Cn3cncn3)COC(c3cc4cc(OC(F)(F)F)ccc4s3)=N2)c(F)c1. The normalized spacial score (nSPS) is 18.4. The molecule has 1 atom stereocenters. The molecule has 0 spiro atoms. The Balaban J connectivity index is 1.55. The molecule has 33 heavy (non-hydrogen) atoms. The maximum Gasteiger partial charge on any atom is 0.573 e. The minimum Gasteiger partial charge on any atom is -0.474 e. The van der Waals surface area contributed by atoms with Gasteiger partial charge in [0.1, 0.15) is 42.2 Å². The van der Waals surface area contributed by atoms with Crippen molar-refractivity contribution in [2.45, 2.75) is 18.4 Å². The second kappa shape index (κ2) is 7.80. The molecule has 170 valence electrons. The maximum absolute atomic E-state index is 14.7. The molecule has 1 aliphatic rings. The van der Waals surface area contributed by atoms with E-state index in [1.54, 1.807) is 6.07 Å². The molecule has 0 saturated heterocycles. The first-order chi connectivity index (χ1) is 15.7. The number of aromatic nitrogens is 3. The van der Waals surface area contributed by atoms with Crippen LogP contribution in [0.2, 0.25) is 0 Å². The summed E-state index contributed by atoms with van der Waals surface area (Å²) in [4.78, 5) is 9.07. The van der Waals surface area contributed by atoms with Gasteiger partial charge in [-0.25, -0.2) is 18.8 Å². The van der Waals surface area contributed by atoms with Gasteiger partial charge in [-0.15, -0.1) is 24.5 Å². The van der Waals surface area contributed by atoms with Crippen LogP contribution in [0.25, 0.3) is 10.1 Å². The standard InChI is InChI=1S/C21H13F5N4O2S/c22-13-1-3-15(16(23)7-13)20(8-30-11-27-10-28-30)9-31-19(29-20)18-6-12-5-14(32-21(24,25)26)2-4-17(12)33-18/h1-7,10-11H,8-9H2. The van der Waals surface area contributed by atoms with Crippen molar-refractivity contribution >= 4 is 27.3 Å². The van der Waals surface area contributed by atoms with Gasteiger partial charge in [0.25, 0.3) is 0 Å². The summed E-state index contributed by atoms with van der Waals surface area (Å²) in [6.45, 7) is 0.0228. The van der Waals surface area contributed by atoms with E-state index in [2.05, 4.69) is 19.8 Å². The molecule has 6 nitrogen and oxygen atoms in total. The smallest absolute Gasteiger partial charge is 0.474 e. The number of alkyl halides is 3. The van der Waals surface area contributed by atoms with Crippen LogP contribution < -0.4 is 4.74 Å². The molecule has 0 saturated carbocycles. The zero-order valence-electron chi connectivity index (χ0n) is 16.5. The highest BCUT2D eigenvalue weighted by Gasteiger charge is 2.42. The Morgan fingerprint density at radius 2 is 1.97 bits per heavy atom. The van der Waals surface area contributed by atoms with Gasteiger partial charge in [-0.1, -0.05) is 6.07 Å². The Hall–Kier alpha value is -3.54. The predicted octanol–water partition coefficient (Wildman–Crippen LogP) is 5.04. The molecular formula is C21H13F5N4O2S. The summed E-state index contributed by atoms with van der Waals surface area (Å²) in [7, 11) is 0. The van der Waals surface area contributed by atoms with Crippen molar-refractivity contribution in [3.63, 3.8) is 0 Å². The third-order valence-electron chi connectivity index (χ3n) is 5.02. The monoisotopic (exact) mass is 480 g/mol. The third kappa shape index (κ3) is 4.25. The third-order valence-corrected chi connectivity index (χ3v) is 6.12. The zero-order valence-corrected chi connectivity index (χ0v) is 17.3. The topological polar surface area (TPSA) is 61.5 Å². The highest BCUT2D eigenvalue weighted by molar-refractivity contribution is 7.20. The van der Waals surface area contributed by atoms with E-state index in [4.69, 9.17) is 4.74 Å². The fraction of sp³-hybridized carbons (Fsp3) is 0.190. The van der Waals surface area contributed by atoms with Crippen LogP contribution in [-0.4, -0.2) is 33.6 Å². The lowest BCUT2D eigenvalue weighted by atomic mass is 9.91. The number of nitrogens with zero attached hydrogens (tertiary/aromatic N) is 4. The predicted molar refractivity (Wildman–Crippen MR) is 109 cm³/mol. The fourth-order valence-electron chi connectivity index (χ4n) is 3.65. The molecule has 2 aromatic carbocycles. The minimum atomic E-state index is -4.80. The molecule has 0 aliphatic carbocycles. The summed E-state index contributed by atoms with van der Waals surface area (Å²) in [6, 6.07) is 8.82. The number of fused-ring (bicyclic) bond motifs is 1. The van der Waals surface area contributed by atoms with Crippen molar-refractivity contribution in [2.24, 2.45) is 4.99 Å². The Morgan fingerprint density at radius 3 is 2.70 bits per heavy atom. The molecule has 12 heteroatoms. The average Bonchev–Trinajstić information content (AvgIpc) is 3.46. The van der Waals surface area contributed by atoms with Crippen molar-refractivity contribution in [1.29, 1.82) is 0 Å². The molecule has 0 fully saturated rings. The number of thiophene rings is 1. The Labute approximate surface area is 186 Å². The van der Waals surface area contributed by atoms with E-state index < -0.39 is 23.5 Å². The fourth-order valence-corrected chi connectivity index (χ4v) is 4.64. The second-order valence-corrected chi connectivity index (χ2v) is 8.40. The molecule has 0 N–H and O–H groups in total. The first kappa shape index (κ1) is 21.3. The Kier molecular flexibility index (Phi) is 5.04. The van der Waals surface area contributed by atoms with E-state index in [9.17, 15) is 22.0 Å². The largest absolute Gasteiger partial charge is 0.573 e. The summed E-state index contributed by atoms with van der Waals surface area (Å²) < 4.78 is 77.8. The molecule has 0 radical (unpaired) electrons. The van der Waals surface area contributed by atoms with E-state index in [-0.39, 0.29) is 30.4 Å². The van der Waals surface area contributed by atoms with Gasteiger partial charge >= 0.3 is 6.36 Å². The van der Waals surface area contributed by atoms with E-state index in [0.717, 1.165) is 12.1 Å². The lowest BCUT2D eigenvalue weighted by molar-refractivity contribution is -0.274. The summed E-state index contributed by atoms with van der Waals surface area (Å²) in [5.74, 6) is -1.66. The van der Waals surface area contributed by atoms with E-state index in [1.165, 1.54) is 52.9 Å². The number of halogens is 5. The molecule has 0 bridgehead atoms. The maximum atomic E-state index is 14.7. The number of hydrogen-bond acceptors (Lipinski definition) is 6. The van der Waals surface area contributed by atoms with Crippen molar-refractivity contribution in [1.82, 2.24) is 14.8 Å². The van der Waals surface area contributed by atoms with Crippen molar-refractivity contribution in [3.8, 4) is 5.75 Å². The lowest BCUT2D eigenvalue weighted by Gasteiger charge is -2.24. The Morgan fingerprint density at radius 1 is 1.12 bits per heavy atom. The summed E-state index contributed by atoms with van der Waals surface area (Å²) >= 11 is 1.25. The molecule has 3 heterocycles.